The molecule has 4 aromatic rings. The Labute approximate surface area is 162 Å². The number of nitrogens with zero attached hydrogens (tertiary/aromatic N) is 5. The van der Waals surface area contributed by atoms with Crippen molar-refractivity contribution in [2.45, 2.75) is 12.2 Å². The minimum absolute atomic E-state index is 0.152. The van der Waals surface area contributed by atoms with E-state index < -0.39 is 0 Å². The fraction of sp³-hybridized carbons (Fsp3) is 0.167. The summed E-state index contributed by atoms with van der Waals surface area (Å²) in [5.41, 5.74) is 3.45. The average Bonchev–Trinajstić information content (AvgIpc) is 3.23. The molecule has 1 aliphatic rings. The van der Waals surface area contributed by atoms with Crippen molar-refractivity contribution < 1.29 is 9.18 Å². The lowest BCUT2D eigenvalue weighted by Crippen LogP contribution is -2.16. The van der Waals surface area contributed by atoms with Gasteiger partial charge in [0.2, 0.25) is 5.91 Å². The summed E-state index contributed by atoms with van der Waals surface area (Å²) in [6, 6.07) is 6.42. The molecule has 2 N–H and O–H groups in total. The molecule has 5 rings (SSSR count). The topological polar surface area (TPSA) is 101 Å². The number of amides is 1. The van der Waals surface area contributed by atoms with E-state index in [1.165, 1.54) is 36.5 Å². The smallest absolute Gasteiger partial charge is 0.235 e. The lowest BCUT2D eigenvalue weighted by atomic mass is 10.0. The molecule has 1 unspecified atom stereocenters. The molecule has 1 aliphatic heterocycles. The summed E-state index contributed by atoms with van der Waals surface area (Å²) in [5, 5.41) is 7.32. The number of nitrogens with one attached hydrogen (secondary N) is 2. The average molecular weight is 395 g/mol. The Morgan fingerprint density at radius 2 is 2.18 bits per heavy atom. The summed E-state index contributed by atoms with van der Waals surface area (Å²) < 4.78 is 15.4. The van der Waals surface area contributed by atoms with Gasteiger partial charge in [0.05, 0.1) is 23.0 Å². The number of hydrogen-bond donors (Lipinski definition) is 2. The van der Waals surface area contributed by atoms with Gasteiger partial charge >= 0.3 is 0 Å². The van der Waals surface area contributed by atoms with E-state index in [9.17, 15) is 9.18 Å². The summed E-state index contributed by atoms with van der Waals surface area (Å²) in [4.78, 5) is 28.0. The molecule has 0 aliphatic carbocycles. The molecule has 1 amide bonds. The van der Waals surface area contributed by atoms with Crippen LogP contribution in [0.3, 0.4) is 0 Å². The van der Waals surface area contributed by atoms with E-state index in [1.807, 2.05) is 13.0 Å². The van der Waals surface area contributed by atoms with Gasteiger partial charge in [0.1, 0.15) is 23.5 Å². The first kappa shape index (κ1) is 16.9. The van der Waals surface area contributed by atoms with Gasteiger partial charge in [-0.2, -0.15) is 9.78 Å². The van der Waals surface area contributed by atoms with E-state index in [1.54, 1.807) is 10.7 Å². The van der Waals surface area contributed by atoms with Crippen molar-refractivity contribution in [3.63, 3.8) is 0 Å². The zero-order valence-electron chi connectivity index (χ0n) is 14.7. The SMILES string of the molecule is Cc1nn(-c2ncnc3nc[nH]c23)c2c1C(c1cccc(F)c1)SCC(=O)N2. The van der Waals surface area contributed by atoms with Gasteiger partial charge in [-0.3, -0.25) is 4.79 Å². The monoisotopic (exact) mass is 395 g/mol. The number of anilines is 1. The fourth-order valence-electron chi connectivity index (χ4n) is 3.38. The molecule has 28 heavy (non-hydrogen) atoms. The van der Waals surface area contributed by atoms with Crippen molar-refractivity contribution in [2.24, 2.45) is 0 Å². The van der Waals surface area contributed by atoms with Crippen LogP contribution in [-0.2, 0) is 4.79 Å². The van der Waals surface area contributed by atoms with Gasteiger partial charge in [-0.25, -0.2) is 19.3 Å². The van der Waals surface area contributed by atoms with Gasteiger partial charge < -0.3 is 10.3 Å². The number of thioether (sulfide) groups is 1. The van der Waals surface area contributed by atoms with Gasteiger partial charge in [0, 0.05) is 5.56 Å². The standard InChI is InChI=1S/C18H14FN7OS/c1-9-13-15(10-3-2-4-11(19)5-10)28-6-12(27)24-17(13)26(25-9)18-14-16(21-7-20-14)22-8-23-18/h2-5,7-8,15H,6H2,1H3,(H,24,27)(H,20,21,22,23). The van der Waals surface area contributed by atoms with Crippen LogP contribution in [0, 0.1) is 12.7 Å². The molecule has 0 fully saturated rings. The summed E-state index contributed by atoms with van der Waals surface area (Å²) in [5.74, 6) is 0.788. The van der Waals surface area contributed by atoms with Crippen molar-refractivity contribution in [3.8, 4) is 5.82 Å². The number of halogens is 1. The maximum absolute atomic E-state index is 13.8. The highest BCUT2D eigenvalue weighted by Crippen LogP contribution is 2.44. The van der Waals surface area contributed by atoms with Crippen LogP contribution in [0.15, 0.2) is 36.9 Å². The number of carbonyl (C=O) groups is 1. The zero-order valence-corrected chi connectivity index (χ0v) is 15.5. The quantitative estimate of drug-likeness (QED) is 0.541. The molecule has 0 spiro atoms. The van der Waals surface area contributed by atoms with E-state index in [-0.39, 0.29) is 22.7 Å². The molecule has 1 aromatic carbocycles. The number of rotatable bonds is 2. The summed E-state index contributed by atoms with van der Waals surface area (Å²) in [6.07, 6.45) is 2.93. The molecule has 10 heteroatoms. The number of fused-ring (bicyclic) bond motifs is 2. The molecule has 0 bridgehead atoms. The third kappa shape index (κ3) is 2.64. The Morgan fingerprint density at radius 1 is 1.29 bits per heavy atom. The number of aromatic amines is 1. The van der Waals surface area contributed by atoms with Crippen LogP contribution < -0.4 is 5.32 Å². The Balaban J connectivity index is 1.74. The highest BCUT2D eigenvalue weighted by Gasteiger charge is 2.31. The summed E-state index contributed by atoms with van der Waals surface area (Å²) in [6.45, 7) is 1.87. The van der Waals surface area contributed by atoms with Crippen LogP contribution in [-0.4, -0.2) is 41.4 Å². The normalized spacial score (nSPS) is 16.6. The third-order valence-corrected chi connectivity index (χ3v) is 5.83. The van der Waals surface area contributed by atoms with E-state index in [2.05, 4.69) is 30.4 Å². The van der Waals surface area contributed by atoms with Gasteiger partial charge in [0.25, 0.3) is 0 Å². The van der Waals surface area contributed by atoms with E-state index in [4.69, 9.17) is 0 Å². The Morgan fingerprint density at radius 3 is 3.04 bits per heavy atom. The first-order valence-corrected chi connectivity index (χ1v) is 9.57. The predicted molar refractivity (Wildman–Crippen MR) is 103 cm³/mol. The van der Waals surface area contributed by atoms with E-state index >= 15 is 0 Å². The Kier molecular flexibility index (Phi) is 3.86. The van der Waals surface area contributed by atoms with Crippen LogP contribution in [0.4, 0.5) is 10.2 Å². The summed E-state index contributed by atoms with van der Waals surface area (Å²) in [7, 11) is 0. The molecule has 4 heterocycles. The van der Waals surface area contributed by atoms with Crippen LogP contribution >= 0.6 is 11.8 Å². The maximum Gasteiger partial charge on any atom is 0.235 e. The second kappa shape index (κ2) is 6.41. The number of H-pyrrole nitrogens is 1. The number of benzene rings is 1. The van der Waals surface area contributed by atoms with Crippen LogP contribution in [0.2, 0.25) is 0 Å². The van der Waals surface area contributed by atoms with Crippen molar-refractivity contribution in [2.75, 3.05) is 11.1 Å². The molecule has 8 nitrogen and oxygen atoms in total. The zero-order chi connectivity index (χ0) is 19.3. The van der Waals surface area contributed by atoms with Gasteiger partial charge in [-0.15, -0.1) is 11.8 Å². The van der Waals surface area contributed by atoms with Crippen molar-refractivity contribution in [3.05, 3.63) is 59.6 Å². The number of hydrogen-bond acceptors (Lipinski definition) is 6. The molecule has 0 saturated heterocycles. The Hall–Kier alpha value is -3.27. The first-order valence-electron chi connectivity index (χ1n) is 8.52. The highest BCUT2D eigenvalue weighted by atomic mass is 32.2. The van der Waals surface area contributed by atoms with E-state index in [0.717, 1.165) is 16.8 Å². The minimum atomic E-state index is -0.316. The molecule has 140 valence electrons. The van der Waals surface area contributed by atoms with Crippen LogP contribution in [0.25, 0.3) is 17.0 Å². The third-order valence-electron chi connectivity index (χ3n) is 4.56. The number of aromatic nitrogens is 6. The second-order valence-electron chi connectivity index (χ2n) is 6.35. The lowest BCUT2D eigenvalue weighted by Gasteiger charge is -2.15. The van der Waals surface area contributed by atoms with Gasteiger partial charge in [-0.05, 0) is 24.6 Å². The highest BCUT2D eigenvalue weighted by molar-refractivity contribution is 8.00. The van der Waals surface area contributed by atoms with Crippen LogP contribution in [0.1, 0.15) is 22.1 Å². The summed E-state index contributed by atoms with van der Waals surface area (Å²) >= 11 is 1.44. The van der Waals surface area contributed by atoms with Gasteiger partial charge in [0.15, 0.2) is 11.5 Å². The fourth-order valence-corrected chi connectivity index (χ4v) is 4.56. The first-order chi connectivity index (χ1) is 13.6. The van der Waals surface area contributed by atoms with Crippen molar-refractivity contribution in [1.29, 1.82) is 0 Å². The van der Waals surface area contributed by atoms with Gasteiger partial charge in [-0.1, -0.05) is 12.1 Å². The van der Waals surface area contributed by atoms with Crippen LogP contribution in [0.5, 0.6) is 0 Å². The van der Waals surface area contributed by atoms with Crippen molar-refractivity contribution >= 4 is 34.7 Å². The molecule has 0 saturated carbocycles. The predicted octanol–water partition coefficient (Wildman–Crippen LogP) is 2.76. The molecule has 1 atom stereocenters. The second-order valence-corrected chi connectivity index (χ2v) is 7.45. The maximum atomic E-state index is 13.8. The minimum Gasteiger partial charge on any atom is -0.340 e. The van der Waals surface area contributed by atoms with E-state index in [0.29, 0.717) is 22.8 Å². The number of imidazole rings is 1. The molecule has 0 radical (unpaired) electrons. The molecule has 3 aromatic heterocycles. The largest absolute Gasteiger partial charge is 0.340 e. The number of carbonyl (C=O) groups excluding carboxylic acids is 1. The number of aryl methyl sites for hydroxylation is 1. The lowest BCUT2D eigenvalue weighted by molar-refractivity contribution is -0.113. The molecular formula is C18H14FN7OS. The Bertz CT molecular complexity index is 1220. The molecular weight excluding hydrogens is 381 g/mol. The van der Waals surface area contributed by atoms with Crippen molar-refractivity contribution in [1.82, 2.24) is 29.7 Å².